The van der Waals surface area contributed by atoms with Crippen LogP contribution in [-0.2, 0) is 16.6 Å². The smallest absolute Gasteiger partial charge is 0.241 e. The summed E-state index contributed by atoms with van der Waals surface area (Å²) < 4.78 is 28.0. The van der Waals surface area contributed by atoms with Crippen molar-refractivity contribution < 1.29 is 8.42 Å². The first-order valence-electron chi connectivity index (χ1n) is 6.10. The predicted octanol–water partition coefficient (Wildman–Crippen LogP) is 3.47. The van der Waals surface area contributed by atoms with Crippen LogP contribution < -0.4 is 10.5 Å². The molecule has 0 saturated carbocycles. The van der Waals surface area contributed by atoms with Crippen molar-refractivity contribution in [1.82, 2.24) is 4.72 Å². The van der Waals surface area contributed by atoms with Crippen molar-refractivity contribution in [2.45, 2.75) is 18.4 Å². The fourth-order valence-electron chi connectivity index (χ4n) is 1.85. The number of benzene rings is 2. The quantitative estimate of drug-likeness (QED) is 0.786. The van der Waals surface area contributed by atoms with E-state index < -0.39 is 10.0 Å². The number of nitrogens with one attached hydrogen (secondary N) is 1. The van der Waals surface area contributed by atoms with Gasteiger partial charge < -0.3 is 5.73 Å². The Bertz CT molecular complexity index is 779. The molecule has 0 radical (unpaired) electrons. The van der Waals surface area contributed by atoms with Gasteiger partial charge in [0, 0.05) is 21.7 Å². The molecule has 2 aromatic rings. The fraction of sp³-hybridized carbons (Fsp3) is 0.143. The molecule has 0 atom stereocenters. The number of nitrogen functional groups attached to an aromatic ring is 1. The van der Waals surface area contributed by atoms with E-state index in [0.717, 1.165) is 0 Å². The van der Waals surface area contributed by atoms with Gasteiger partial charge in [0.2, 0.25) is 10.0 Å². The van der Waals surface area contributed by atoms with Gasteiger partial charge in [-0.1, -0.05) is 45.7 Å². The number of rotatable bonds is 4. The zero-order valence-electron chi connectivity index (χ0n) is 11.2. The highest BCUT2D eigenvalue weighted by Crippen LogP contribution is 2.26. The largest absolute Gasteiger partial charge is 0.398 e. The number of sulfonamides is 1. The molecule has 0 saturated heterocycles. The summed E-state index contributed by atoms with van der Waals surface area (Å²) in [4.78, 5) is 0.154. The van der Waals surface area contributed by atoms with Gasteiger partial charge in [-0.05, 0) is 36.2 Å². The molecule has 0 amide bonds. The standard InChI is InChI=1S/C14H14BrClN2O2S/c1-9-13(17)6-11(15)7-14(9)21(19,20)18-8-10-4-2-3-5-12(10)16/h2-7,18H,8,17H2,1H3. The Hall–Kier alpha value is -1.08. The molecular formula is C14H14BrClN2O2S. The van der Waals surface area contributed by atoms with Crippen LogP contribution in [0.1, 0.15) is 11.1 Å². The first-order chi connectivity index (χ1) is 9.81. The normalized spacial score (nSPS) is 11.6. The van der Waals surface area contributed by atoms with Gasteiger partial charge in [0.15, 0.2) is 0 Å². The second-order valence-corrected chi connectivity index (χ2v) is 7.59. The van der Waals surface area contributed by atoms with Gasteiger partial charge in [0.05, 0.1) is 4.90 Å². The summed E-state index contributed by atoms with van der Waals surface area (Å²) in [6, 6.07) is 10.3. The van der Waals surface area contributed by atoms with Gasteiger partial charge in [-0.3, -0.25) is 0 Å². The maximum atomic E-state index is 12.4. The van der Waals surface area contributed by atoms with E-state index in [1.54, 1.807) is 37.3 Å². The lowest BCUT2D eigenvalue weighted by Gasteiger charge is -2.12. The van der Waals surface area contributed by atoms with Gasteiger partial charge in [0.1, 0.15) is 0 Å². The average molecular weight is 390 g/mol. The van der Waals surface area contributed by atoms with Crippen LogP contribution in [0.15, 0.2) is 45.8 Å². The van der Waals surface area contributed by atoms with E-state index in [4.69, 9.17) is 17.3 Å². The Kier molecular flexibility index (Phi) is 4.93. The van der Waals surface area contributed by atoms with Gasteiger partial charge in [-0.25, -0.2) is 13.1 Å². The van der Waals surface area contributed by atoms with Crippen molar-refractivity contribution in [2.24, 2.45) is 0 Å². The van der Waals surface area contributed by atoms with Crippen molar-refractivity contribution in [3.63, 3.8) is 0 Å². The molecule has 112 valence electrons. The van der Waals surface area contributed by atoms with Crippen molar-refractivity contribution in [3.05, 3.63) is 57.0 Å². The maximum absolute atomic E-state index is 12.4. The number of hydrogen-bond donors (Lipinski definition) is 2. The van der Waals surface area contributed by atoms with Crippen molar-refractivity contribution in [3.8, 4) is 0 Å². The highest BCUT2D eigenvalue weighted by Gasteiger charge is 2.19. The molecule has 0 aliphatic heterocycles. The third kappa shape index (κ3) is 3.77. The van der Waals surface area contributed by atoms with Crippen LogP contribution in [0.2, 0.25) is 5.02 Å². The minimum atomic E-state index is -3.67. The molecular weight excluding hydrogens is 376 g/mol. The summed E-state index contributed by atoms with van der Waals surface area (Å²) in [6.45, 7) is 1.79. The van der Waals surface area contributed by atoms with Crippen molar-refractivity contribution in [2.75, 3.05) is 5.73 Å². The highest BCUT2D eigenvalue weighted by molar-refractivity contribution is 9.10. The van der Waals surface area contributed by atoms with Gasteiger partial charge in [-0.2, -0.15) is 0 Å². The van der Waals surface area contributed by atoms with Crippen LogP contribution in [0.25, 0.3) is 0 Å². The van der Waals surface area contributed by atoms with E-state index in [-0.39, 0.29) is 11.4 Å². The summed E-state index contributed by atoms with van der Waals surface area (Å²) in [6.07, 6.45) is 0. The van der Waals surface area contributed by atoms with E-state index in [1.165, 1.54) is 6.07 Å². The third-order valence-corrected chi connectivity index (χ3v) is 5.42. The van der Waals surface area contributed by atoms with Gasteiger partial charge in [0.25, 0.3) is 0 Å². The molecule has 0 bridgehead atoms. The van der Waals surface area contributed by atoms with Crippen LogP contribution >= 0.6 is 27.5 Å². The average Bonchev–Trinajstić information content (AvgIpc) is 2.42. The topological polar surface area (TPSA) is 72.2 Å². The second-order valence-electron chi connectivity index (χ2n) is 4.53. The molecule has 2 rings (SSSR count). The molecule has 0 heterocycles. The summed E-state index contributed by atoms with van der Waals surface area (Å²) in [7, 11) is -3.67. The van der Waals surface area contributed by atoms with Crippen molar-refractivity contribution in [1.29, 1.82) is 0 Å². The third-order valence-electron chi connectivity index (χ3n) is 3.06. The predicted molar refractivity (Wildman–Crippen MR) is 88.8 cm³/mol. The fourth-order valence-corrected chi connectivity index (χ4v) is 3.98. The molecule has 0 aromatic heterocycles. The highest BCUT2D eigenvalue weighted by atomic mass is 79.9. The van der Waals surface area contributed by atoms with E-state index in [1.807, 2.05) is 0 Å². The van der Waals surface area contributed by atoms with Crippen LogP contribution in [0.5, 0.6) is 0 Å². The number of halogens is 2. The Morgan fingerprint density at radius 2 is 1.95 bits per heavy atom. The lowest BCUT2D eigenvalue weighted by Crippen LogP contribution is -2.24. The minimum Gasteiger partial charge on any atom is -0.398 e. The van der Waals surface area contributed by atoms with E-state index in [2.05, 4.69) is 20.7 Å². The molecule has 7 heteroatoms. The Morgan fingerprint density at radius 3 is 2.62 bits per heavy atom. The zero-order valence-corrected chi connectivity index (χ0v) is 14.4. The zero-order chi connectivity index (χ0) is 15.6. The molecule has 0 unspecified atom stereocenters. The first-order valence-corrected chi connectivity index (χ1v) is 8.75. The molecule has 3 N–H and O–H groups in total. The second kappa shape index (κ2) is 6.36. The van der Waals surface area contributed by atoms with Gasteiger partial charge in [-0.15, -0.1) is 0 Å². The molecule has 0 fully saturated rings. The maximum Gasteiger partial charge on any atom is 0.241 e. The van der Waals surface area contributed by atoms with Gasteiger partial charge >= 0.3 is 0 Å². The summed E-state index contributed by atoms with van der Waals surface area (Å²) >= 11 is 9.27. The number of anilines is 1. The Labute approximate surface area is 137 Å². The summed E-state index contributed by atoms with van der Waals surface area (Å²) in [5.74, 6) is 0. The molecule has 0 aliphatic carbocycles. The van der Waals surface area contributed by atoms with E-state index in [0.29, 0.717) is 26.3 Å². The molecule has 0 spiro atoms. The van der Waals surface area contributed by atoms with Crippen LogP contribution in [0.3, 0.4) is 0 Å². The van der Waals surface area contributed by atoms with E-state index in [9.17, 15) is 8.42 Å². The SMILES string of the molecule is Cc1c(N)cc(Br)cc1S(=O)(=O)NCc1ccccc1Cl. The minimum absolute atomic E-state index is 0.119. The Morgan fingerprint density at radius 1 is 1.29 bits per heavy atom. The van der Waals surface area contributed by atoms with Crippen LogP contribution in [-0.4, -0.2) is 8.42 Å². The first kappa shape index (κ1) is 16.3. The summed E-state index contributed by atoms with van der Waals surface area (Å²) in [5.41, 5.74) is 7.46. The Balaban J connectivity index is 2.30. The van der Waals surface area contributed by atoms with E-state index >= 15 is 0 Å². The molecule has 2 aromatic carbocycles. The summed E-state index contributed by atoms with van der Waals surface area (Å²) in [5, 5.41) is 0.519. The lowest BCUT2D eigenvalue weighted by molar-refractivity contribution is 0.580. The number of nitrogens with two attached hydrogens (primary N) is 1. The number of hydrogen-bond acceptors (Lipinski definition) is 3. The molecule has 0 aliphatic rings. The molecule has 21 heavy (non-hydrogen) atoms. The monoisotopic (exact) mass is 388 g/mol. The molecule has 4 nitrogen and oxygen atoms in total. The van der Waals surface area contributed by atoms with Crippen molar-refractivity contribution >= 4 is 43.2 Å². The lowest BCUT2D eigenvalue weighted by atomic mass is 10.2. The van der Waals surface area contributed by atoms with Crippen LogP contribution in [0.4, 0.5) is 5.69 Å². The van der Waals surface area contributed by atoms with Crippen LogP contribution in [0, 0.1) is 6.92 Å².